The second-order valence-electron chi connectivity index (χ2n) is 6.38. The molecule has 3 aliphatic rings. The molecule has 0 spiro atoms. The number of nitrogens with zero attached hydrogens (tertiary/aromatic N) is 3. The van der Waals surface area contributed by atoms with Crippen LogP contribution >= 0.6 is 0 Å². The molecule has 21 heavy (non-hydrogen) atoms. The van der Waals surface area contributed by atoms with Gasteiger partial charge in [-0.15, -0.1) is 10.2 Å². The zero-order chi connectivity index (χ0) is 14.2. The topological polar surface area (TPSA) is 50.9 Å². The van der Waals surface area contributed by atoms with Crippen molar-refractivity contribution in [1.29, 1.82) is 0 Å². The minimum absolute atomic E-state index is 0.242. The largest absolute Gasteiger partial charge is 0.393 e. The molecule has 4 rings (SSSR count). The molecule has 2 heterocycles. The van der Waals surface area contributed by atoms with E-state index in [0.717, 1.165) is 31.5 Å². The second-order valence-corrected chi connectivity index (χ2v) is 6.38. The summed E-state index contributed by atoms with van der Waals surface area (Å²) in [7, 11) is 0. The molecule has 0 radical (unpaired) electrons. The zero-order valence-electron chi connectivity index (χ0n) is 12.0. The first-order valence-corrected chi connectivity index (χ1v) is 7.92. The van der Waals surface area contributed by atoms with Crippen LogP contribution in [-0.2, 0) is 0 Å². The van der Waals surface area contributed by atoms with E-state index in [0.29, 0.717) is 17.8 Å². The summed E-state index contributed by atoms with van der Waals surface area (Å²) < 4.78 is 2.18. The molecule has 0 bridgehead atoms. The fourth-order valence-electron chi connectivity index (χ4n) is 4.06. The van der Waals surface area contributed by atoms with Crippen molar-refractivity contribution in [3.8, 4) is 0 Å². The van der Waals surface area contributed by atoms with Gasteiger partial charge in [-0.05, 0) is 31.6 Å². The third kappa shape index (κ3) is 2.18. The molecule has 1 aromatic rings. The lowest BCUT2D eigenvalue weighted by Gasteiger charge is -2.29. The molecule has 0 amide bonds. The quantitative estimate of drug-likeness (QED) is 0.868. The summed E-state index contributed by atoms with van der Waals surface area (Å²) in [5.74, 6) is 2.17. The fourth-order valence-corrected chi connectivity index (χ4v) is 4.06. The van der Waals surface area contributed by atoms with Crippen molar-refractivity contribution in [3.05, 3.63) is 48.6 Å². The molecule has 1 aromatic heterocycles. The smallest absolute Gasteiger partial charge is 0.140 e. The average molecular weight is 283 g/mol. The van der Waals surface area contributed by atoms with Gasteiger partial charge in [0, 0.05) is 17.9 Å². The van der Waals surface area contributed by atoms with Gasteiger partial charge in [-0.25, -0.2) is 0 Å². The van der Waals surface area contributed by atoms with Crippen molar-refractivity contribution < 1.29 is 5.11 Å². The number of aliphatic hydroxyl groups is 1. The molecular weight excluding hydrogens is 262 g/mol. The summed E-state index contributed by atoms with van der Waals surface area (Å²) in [5.41, 5.74) is 0. The Morgan fingerprint density at radius 1 is 1.29 bits per heavy atom. The van der Waals surface area contributed by atoms with Crippen LogP contribution in [0.4, 0.5) is 0 Å². The SMILES string of the molecule is OC(CC1C2C=CC=CC2c2nncn21)C1CC=CCC1. The van der Waals surface area contributed by atoms with Crippen LogP contribution < -0.4 is 0 Å². The summed E-state index contributed by atoms with van der Waals surface area (Å²) in [4.78, 5) is 0. The van der Waals surface area contributed by atoms with E-state index < -0.39 is 0 Å². The molecule has 1 N–H and O–H groups in total. The Kier molecular flexibility index (Phi) is 3.26. The number of aromatic nitrogens is 3. The molecule has 0 aromatic carbocycles. The summed E-state index contributed by atoms with van der Waals surface area (Å²) in [6, 6.07) is 0.280. The summed E-state index contributed by atoms with van der Waals surface area (Å²) >= 11 is 0. The van der Waals surface area contributed by atoms with Gasteiger partial charge in [-0.3, -0.25) is 0 Å². The molecule has 0 fully saturated rings. The number of hydrogen-bond donors (Lipinski definition) is 1. The number of rotatable bonds is 3. The monoisotopic (exact) mass is 283 g/mol. The van der Waals surface area contributed by atoms with Crippen LogP contribution in [0.5, 0.6) is 0 Å². The number of aliphatic hydroxyl groups excluding tert-OH is 1. The van der Waals surface area contributed by atoms with Crippen molar-refractivity contribution >= 4 is 0 Å². The summed E-state index contributed by atoms with van der Waals surface area (Å²) in [5, 5.41) is 19.0. The van der Waals surface area contributed by atoms with E-state index in [-0.39, 0.29) is 12.1 Å². The maximum atomic E-state index is 10.7. The molecule has 5 unspecified atom stereocenters. The van der Waals surface area contributed by atoms with Crippen molar-refractivity contribution in [2.24, 2.45) is 11.8 Å². The normalized spacial score (nSPS) is 34.7. The zero-order valence-corrected chi connectivity index (χ0v) is 12.0. The summed E-state index contributed by atoms with van der Waals surface area (Å²) in [6.07, 6.45) is 18.7. The van der Waals surface area contributed by atoms with E-state index in [1.54, 1.807) is 0 Å². The third-order valence-electron chi connectivity index (χ3n) is 5.21. The van der Waals surface area contributed by atoms with Crippen LogP contribution in [0.15, 0.2) is 42.8 Å². The van der Waals surface area contributed by atoms with Gasteiger partial charge in [0.25, 0.3) is 0 Å². The van der Waals surface area contributed by atoms with E-state index in [1.165, 1.54) is 0 Å². The Labute approximate surface area is 124 Å². The Hall–Kier alpha value is -1.68. The lowest BCUT2D eigenvalue weighted by Crippen LogP contribution is -2.27. The minimum Gasteiger partial charge on any atom is -0.393 e. The van der Waals surface area contributed by atoms with Gasteiger partial charge in [0.1, 0.15) is 12.2 Å². The van der Waals surface area contributed by atoms with Crippen LogP contribution in [0.3, 0.4) is 0 Å². The Bertz CT molecular complexity index is 601. The van der Waals surface area contributed by atoms with Crippen LogP contribution in [0.1, 0.15) is 43.5 Å². The highest BCUT2D eigenvalue weighted by Gasteiger charge is 2.41. The summed E-state index contributed by atoms with van der Waals surface area (Å²) in [6.45, 7) is 0. The molecule has 2 aliphatic carbocycles. The first-order chi connectivity index (χ1) is 10.3. The second kappa shape index (κ2) is 5.26. The molecule has 1 aliphatic heterocycles. The van der Waals surface area contributed by atoms with E-state index in [4.69, 9.17) is 0 Å². The van der Waals surface area contributed by atoms with Gasteiger partial charge < -0.3 is 9.67 Å². The van der Waals surface area contributed by atoms with Gasteiger partial charge in [0.05, 0.1) is 6.10 Å². The Morgan fingerprint density at radius 3 is 3.05 bits per heavy atom. The highest BCUT2D eigenvalue weighted by Crippen LogP contribution is 2.46. The first-order valence-electron chi connectivity index (χ1n) is 7.92. The maximum Gasteiger partial charge on any atom is 0.140 e. The van der Waals surface area contributed by atoms with Crippen molar-refractivity contribution in [1.82, 2.24) is 14.8 Å². The highest BCUT2D eigenvalue weighted by atomic mass is 16.3. The van der Waals surface area contributed by atoms with Gasteiger partial charge in [-0.2, -0.15) is 0 Å². The molecule has 4 nitrogen and oxygen atoms in total. The number of allylic oxidation sites excluding steroid dienone is 6. The lowest BCUT2D eigenvalue weighted by molar-refractivity contribution is 0.0743. The van der Waals surface area contributed by atoms with E-state index in [1.807, 2.05) is 6.33 Å². The van der Waals surface area contributed by atoms with E-state index in [2.05, 4.69) is 51.2 Å². The van der Waals surface area contributed by atoms with Crippen molar-refractivity contribution in [2.75, 3.05) is 0 Å². The van der Waals surface area contributed by atoms with Crippen LogP contribution in [-0.4, -0.2) is 26.0 Å². The van der Waals surface area contributed by atoms with Gasteiger partial charge in [-0.1, -0.05) is 36.5 Å². The molecule has 0 saturated heterocycles. The Balaban J connectivity index is 1.55. The average Bonchev–Trinajstić information content (AvgIpc) is 3.11. The predicted octanol–water partition coefficient (Wildman–Crippen LogP) is 2.77. The van der Waals surface area contributed by atoms with E-state index in [9.17, 15) is 5.11 Å². The molecular formula is C17H21N3O. The molecule has 110 valence electrons. The van der Waals surface area contributed by atoms with Crippen LogP contribution in [0.25, 0.3) is 0 Å². The van der Waals surface area contributed by atoms with Crippen molar-refractivity contribution in [2.45, 2.75) is 43.7 Å². The third-order valence-corrected chi connectivity index (χ3v) is 5.21. The first kappa shape index (κ1) is 13.0. The highest BCUT2D eigenvalue weighted by molar-refractivity contribution is 5.28. The molecule has 0 saturated carbocycles. The van der Waals surface area contributed by atoms with Gasteiger partial charge in [0.15, 0.2) is 0 Å². The number of hydrogen-bond acceptors (Lipinski definition) is 3. The van der Waals surface area contributed by atoms with Crippen LogP contribution in [0, 0.1) is 11.8 Å². The van der Waals surface area contributed by atoms with E-state index >= 15 is 0 Å². The van der Waals surface area contributed by atoms with Crippen molar-refractivity contribution in [3.63, 3.8) is 0 Å². The Morgan fingerprint density at radius 2 is 2.19 bits per heavy atom. The predicted molar refractivity (Wildman–Crippen MR) is 80.7 cm³/mol. The number of fused-ring (bicyclic) bond motifs is 3. The van der Waals surface area contributed by atoms with Gasteiger partial charge >= 0.3 is 0 Å². The minimum atomic E-state index is -0.242. The standard InChI is InChI=1S/C17H21N3O/c21-16(12-6-2-1-3-7-12)10-15-13-8-4-5-9-14(13)17-19-18-11-20(15)17/h1-2,4-5,8-9,11-16,21H,3,6-7,10H2. The maximum absolute atomic E-state index is 10.7. The molecule has 5 atom stereocenters. The van der Waals surface area contributed by atoms with Crippen LogP contribution in [0.2, 0.25) is 0 Å². The lowest BCUT2D eigenvalue weighted by atomic mass is 9.80. The fraction of sp³-hybridized carbons (Fsp3) is 0.529. The van der Waals surface area contributed by atoms with Gasteiger partial charge in [0.2, 0.25) is 0 Å². The molecule has 4 heteroatoms.